The highest BCUT2D eigenvalue weighted by atomic mass is 16.5. The van der Waals surface area contributed by atoms with Gasteiger partial charge >= 0.3 is 6.09 Å². The topological polar surface area (TPSA) is 75.7 Å². The number of carbonyl (C=O) groups excluding carboxylic acids is 3. The molecule has 1 atom stereocenters. The Labute approximate surface area is 129 Å². The summed E-state index contributed by atoms with van der Waals surface area (Å²) in [6.07, 6.45) is 1.12. The first kappa shape index (κ1) is 16.0. The lowest BCUT2D eigenvalue weighted by molar-refractivity contribution is -0.121. The maximum absolute atomic E-state index is 12.3. The van der Waals surface area contributed by atoms with Crippen LogP contribution in [0.2, 0.25) is 0 Å². The van der Waals surface area contributed by atoms with Crippen LogP contribution in [0.1, 0.15) is 30.1 Å². The molecule has 22 heavy (non-hydrogen) atoms. The summed E-state index contributed by atoms with van der Waals surface area (Å²) in [5.41, 5.74) is 1.25. The molecule has 1 aromatic rings. The number of amides is 2. The summed E-state index contributed by atoms with van der Waals surface area (Å²) in [6.45, 7) is 2.48. The number of likely N-dealkylation sites (tertiary alicyclic amines) is 1. The van der Waals surface area contributed by atoms with Gasteiger partial charge in [0, 0.05) is 24.3 Å². The molecule has 1 aromatic carbocycles. The van der Waals surface area contributed by atoms with Crippen molar-refractivity contribution in [1.29, 1.82) is 0 Å². The second-order valence-corrected chi connectivity index (χ2v) is 5.38. The van der Waals surface area contributed by atoms with Crippen LogP contribution in [-0.4, -0.2) is 42.9 Å². The number of Topliss-reactive ketones (excluding diaryl/α,β-unsaturated/α-hetero) is 1. The normalized spacial score (nSPS) is 17.7. The fraction of sp³-hybridized carbons (Fsp3) is 0.438. The van der Waals surface area contributed by atoms with Gasteiger partial charge in [0.2, 0.25) is 5.91 Å². The van der Waals surface area contributed by atoms with Gasteiger partial charge in [-0.1, -0.05) is 0 Å². The Morgan fingerprint density at radius 2 is 1.91 bits per heavy atom. The van der Waals surface area contributed by atoms with E-state index in [9.17, 15) is 14.4 Å². The number of benzene rings is 1. The van der Waals surface area contributed by atoms with Crippen molar-refractivity contribution in [3.63, 3.8) is 0 Å². The summed E-state index contributed by atoms with van der Waals surface area (Å²) >= 11 is 0. The minimum atomic E-state index is -0.400. The zero-order valence-corrected chi connectivity index (χ0v) is 12.8. The van der Waals surface area contributed by atoms with Crippen molar-refractivity contribution in [1.82, 2.24) is 4.90 Å². The molecule has 0 radical (unpaired) electrons. The smallest absolute Gasteiger partial charge is 0.409 e. The first-order valence-corrected chi connectivity index (χ1v) is 7.26. The number of nitrogens with one attached hydrogen (secondary N) is 1. The molecule has 1 unspecified atom stereocenters. The number of nitrogens with zero attached hydrogens (tertiary/aromatic N) is 1. The molecule has 1 saturated heterocycles. The van der Waals surface area contributed by atoms with Gasteiger partial charge in [-0.15, -0.1) is 0 Å². The SMILES string of the molecule is COC(=O)N1CCCC(C(=O)Nc2ccc(C(C)=O)cc2)C1. The Bertz CT molecular complexity index is 568. The van der Waals surface area contributed by atoms with Crippen LogP contribution in [0.25, 0.3) is 0 Å². The molecular formula is C16H20N2O4. The molecule has 1 fully saturated rings. The van der Waals surface area contributed by atoms with E-state index in [1.165, 1.54) is 14.0 Å². The minimum Gasteiger partial charge on any atom is -0.453 e. The van der Waals surface area contributed by atoms with Crippen molar-refractivity contribution in [2.75, 3.05) is 25.5 Å². The van der Waals surface area contributed by atoms with E-state index >= 15 is 0 Å². The van der Waals surface area contributed by atoms with Crippen molar-refractivity contribution in [3.8, 4) is 0 Å². The highest BCUT2D eigenvalue weighted by Crippen LogP contribution is 2.19. The highest BCUT2D eigenvalue weighted by Gasteiger charge is 2.28. The van der Waals surface area contributed by atoms with Gasteiger partial charge in [0.15, 0.2) is 5.78 Å². The first-order chi connectivity index (χ1) is 10.5. The number of hydrogen-bond donors (Lipinski definition) is 1. The third kappa shape index (κ3) is 3.84. The summed E-state index contributed by atoms with van der Waals surface area (Å²) < 4.78 is 4.69. The molecule has 1 aliphatic heterocycles. The monoisotopic (exact) mass is 304 g/mol. The Morgan fingerprint density at radius 1 is 1.23 bits per heavy atom. The van der Waals surface area contributed by atoms with Crippen molar-refractivity contribution in [2.45, 2.75) is 19.8 Å². The molecule has 0 spiro atoms. The Balaban J connectivity index is 1.96. The Kier molecular flexibility index (Phi) is 5.14. The third-order valence-corrected chi connectivity index (χ3v) is 3.78. The van der Waals surface area contributed by atoms with Gasteiger partial charge in [0.05, 0.1) is 13.0 Å². The van der Waals surface area contributed by atoms with Crippen molar-refractivity contribution >= 4 is 23.5 Å². The van der Waals surface area contributed by atoms with E-state index in [1.807, 2.05) is 0 Å². The molecule has 1 heterocycles. The molecule has 6 heteroatoms. The second-order valence-electron chi connectivity index (χ2n) is 5.38. The molecule has 0 aliphatic carbocycles. The van der Waals surface area contributed by atoms with Gasteiger partial charge in [-0.25, -0.2) is 4.79 Å². The van der Waals surface area contributed by atoms with Crippen LogP contribution >= 0.6 is 0 Å². The number of carbonyl (C=O) groups is 3. The predicted molar refractivity (Wildman–Crippen MR) is 81.8 cm³/mol. The van der Waals surface area contributed by atoms with Crippen LogP contribution in [0, 0.1) is 5.92 Å². The summed E-state index contributed by atoms with van der Waals surface area (Å²) in [7, 11) is 1.34. The fourth-order valence-electron chi connectivity index (χ4n) is 2.52. The van der Waals surface area contributed by atoms with Gasteiger partial charge in [-0.05, 0) is 44.0 Å². The van der Waals surface area contributed by atoms with Crippen LogP contribution in [0.15, 0.2) is 24.3 Å². The molecule has 1 aliphatic rings. The molecule has 2 amide bonds. The highest BCUT2D eigenvalue weighted by molar-refractivity contribution is 5.96. The Hall–Kier alpha value is -2.37. The third-order valence-electron chi connectivity index (χ3n) is 3.78. The molecule has 2 rings (SSSR count). The number of rotatable bonds is 3. The average Bonchev–Trinajstić information content (AvgIpc) is 2.54. The van der Waals surface area contributed by atoms with Gasteiger partial charge in [0.1, 0.15) is 0 Å². The fourth-order valence-corrected chi connectivity index (χ4v) is 2.52. The molecule has 6 nitrogen and oxygen atoms in total. The van der Waals surface area contributed by atoms with E-state index in [4.69, 9.17) is 4.74 Å². The van der Waals surface area contributed by atoms with Gasteiger partial charge < -0.3 is 15.0 Å². The lowest BCUT2D eigenvalue weighted by atomic mass is 9.97. The molecular weight excluding hydrogens is 284 g/mol. The van der Waals surface area contributed by atoms with E-state index in [0.29, 0.717) is 24.3 Å². The standard InChI is InChI=1S/C16H20N2O4/c1-11(19)12-5-7-14(8-6-12)17-15(20)13-4-3-9-18(10-13)16(21)22-2/h5-8,13H,3-4,9-10H2,1-2H3,(H,17,20). The number of ketones is 1. The summed E-state index contributed by atoms with van der Waals surface area (Å²) in [5, 5.41) is 2.83. The predicted octanol–water partition coefficient (Wildman–Crippen LogP) is 2.31. The maximum atomic E-state index is 12.3. The molecule has 0 aromatic heterocycles. The number of ether oxygens (including phenoxy) is 1. The Morgan fingerprint density at radius 3 is 2.50 bits per heavy atom. The van der Waals surface area contributed by atoms with Gasteiger partial charge in [-0.2, -0.15) is 0 Å². The largest absolute Gasteiger partial charge is 0.453 e. The van der Waals surface area contributed by atoms with Gasteiger partial charge in [0.25, 0.3) is 0 Å². The lowest BCUT2D eigenvalue weighted by Gasteiger charge is -2.30. The second kappa shape index (κ2) is 7.06. The summed E-state index contributed by atoms with van der Waals surface area (Å²) in [6, 6.07) is 6.77. The van der Waals surface area contributed by atoms with Crippen molar-refractivity contribution < 1.29 is 19.1 Å². The van der Waals surface area contributed by atoms with Crippen molar-refractivity contribution in [2.24, 2.45) is 5.92 Å². The van der Waals surface area contributed by atoms with Crippen LogP contribution in [-0.2, 0) is 9.53 Å². The number of anilines is 1. The van der Waals surface area contributed by atoms with E-state index in [2.05, 4.69) is 5.32 Å². The maximum Gasteiger partial charge on any atom is 0.409 e. The number of hydrogen-bond acceptors (Lipinski definition) is 4. The van der Waals surface area contributed by atoms with Crippen LogP contribution in [0.5, 0.6) is 0 Å². The summed E-state index contributed by atoms with van der Waals surface area (Å²) in [5.74, 6) is -0.386. The molecule has 118 valence electrons. The first-order valence-electron chi connectivity index (χ1n) is 7.26. The van der Waals surface area contributed by atoms with E-state index in [0.717, 1.165) is 12.8 Å². The van der Waals surface area contributed by atoms with Crippen LogP contribution < -0.4 is 5.32 Å². The lowest BCUT2D eigenvalue weighted by Crippen LogP contribution is -2.43. The zero-order chi connectivity index (χ0) is 16.1. The van der Waals surface area contributed by atoms with Crippen LogP contribution in [0.4, 0.5) is 10.5 Å². The average molecular weight is 304 g/mol. The molecule has 1 N–H and O–H groups in total. The molecule has 0 saturated carbocycles. The number of methoxy groups -OCH3 is 1. The quantitative estimate of drug-likeness (QED) is 0.869. The van der Waals surface area contributed by atoms with E-state index in [1.54, 1.807) is 29.2 Å². The van der Waals surface area contributed by atoms with Crippen LogP contribution in [0.3, 0.4) is 0 Å². The minimum absolute atomic E-state index is 0.0149. The van der Waals surface area contributed by atoms with Gasteiger partial charge in [-0.3, -0.25) is 9.59 Å². The summed E-state index contributed by atoms with van der Waals surface area (Å²) in [4.78, 5) is 36.6. The van der Waals surface area contributed by atoms with E-state index in [-0.39, 0.29) is 17.6 Å². The van der Waals surface area contributed by atoms with E-state index < -0.39 is 6.09 Å². The van der Waals surface area contributed by atoms with Crippen molar-refractivity contribution in [3.05, 3.63) is 29.8 Å². The molecule has 0 bridgehead atoms. The zero-order valence-electron chi connectivity index (χ0n) is 12.8. The number of piperidine rings is 1.